The molecule has 2 aliphatic heterocycles. The molecule has 1 atom stereocenters. The number of carbonyl (C=O) groups is 2. The molecular weight excluding hydrogens is 376 g/mol. The fourth-order valence-corrected chi connectivity index (χ4v) is 3.55. The zero-order valence-corrected chi connectivity index (χ0v) is 15.0. The van der Waals surface area contributed by atoms with E-state index in [-0.39, 0.29) is 17.9 Å². The van der Waals surface area contributed by atoms with E-state index < -0.39 is 0 Å². The Morgan fingerprint density at radius 3 is 2.75 bits per heavy atom. The largest absolute Gasteiger partial charge is 0.486 e. The molecule has 2 heterocycles. The summed E-state index contributed by atoms with van der Waals surface area (Å²) in [6.07, 6.45) is 1.31. The van der Waals surface area contributed by atoms with E-state index in [1.807, 2.05) is 6.92 Å². The van der Waals surface area contributed by atoms with Gasteiger partial charge in [-0.2, -0.15) is 0 Å². The molecule has 24 heavy (non-hydrogen) atoms. The third-order valence-corrected chi connectivity index (χ3v) is 4.81. The van der Waals surface area contributed by atoms with Crippen LogP contribution in [-0.4, -0.2) is 60.5 Å². The Morgan fingerprint density at radius 1 is 1.29 bits per heavy atom. The third-order valence-electron chi connectivity index (χ3n) is 4.22. The molecule has 0 N–H and O–H groups in total. The standard InChI is InChI=1S/C17H19BrN2O4/c1-3-15(21)19-4-5-20(11(2)10-19)17(22)12-8-13(18)16-14(9-12)23-6-7-24-16/h3,8-9,11H,1,4-7,10H2,2H3/t11-/m0/s1. The van der Waals surface area contributed by atoms with Crippen molar-refractivity contribution in [3.63, 3.8) is 0 Å². The maximum Gasteiger partial charge on any atom is 0.254 e. The number of halogens is 1. The molecule has 0 aromatic heterocycles. The van der Waals surface area contributed by atoms with Crippen molar-refractivity contribution >= 4 is 27.7 Å². The van der Waals surface area contributed by atoms with Crippen molar-refractivity contribution in [2.75, 3.05) is 32.8 Å². The minimum Gasteiger partial charge on any atom is -0.486 e. The van der Waals surface area contributed by atoms with Gasteiger partial charge in [0.25, 0.3) is 5.91 Å². The third kappa shape index (κ3) is 3.13. The average Bonchev–Trinajstić information content (AvgIpc) is 2.60. The van der Waals surface area contributed by atoms with Crippen LogP contribution in [0.15, 0.2) is 29.3 Å². The van der Waals surface area contributed by atoms with Crippen molar-refractivity contribution in [3.05, 3.63) is 34.8 Å². The first kappa shape index (κ1) is 16.8. The quantitative estimate of drug-likeness (QED) is 0.720. The van der Waals surface area contributed by atoms with Gasteiger partial charge in [-0.1, -0.05) is 6.58 Å². The molecule has 0 radical (unpaired) electrons. The second-order valence-corrected chi connectivity index (χ2v) is 6.67. The summed E-state index contributed by atoms with van der Waals surface area (Å²) < 4.78 is 11.8. The summed E-state index contributed by atoms with van der Waals surface area (Å²) >= 11 is 3.44. The highest BCUT2D eigenvalue weighted by Gasteiger charge is 2.30. The monoisotopic (exact) mass is 394 g/mol. The Balaban J connectivity index is 1.79. The summed E-state index contributed by atoms with van der Waals surface area (Å²) in [5, 5.41) is 0. The van der Waals surface area contributed by atoms with Crippen LogP contribution in [0.3, 0.4) is 0 Å². The van der Waals surface area contributed by atoms with Crippen molar-refractivity contribution in [3.8, 4) is 11.5 Å². The van der Waals surface area contributed by atoms with E-state index >= 15 is 0 Å². The average molecular weight is 395 g/mol. The van der Waals surface area contributed by atoms with E-state index in [4.69, 9.17) is 9.47 Å². The number of hydrogen-bond acceptors (Lipinski definition) is 4. The van der Waals surface area contributed by atoms with Gasteiger partial charge < -0.3 is 19.3 Å². The van der Waals surface area contributed by atoms with Crippen LogP contribution in [0.25, 0.3) is 0 Å². The highest BCUT2D eigenvalue weighted by molar-refractivity contribution is 9.10. The molecule has 7 heteroatoms. The maximum atomic E-state index is 12.9. The second-order valence-electron chi connectivity index (χ2n) is 5.82. The van der Waals surface area contributed by atoms with Crippen molar-refractivity contribution in [1.29, 1.82) is 0 Å². The highest BCUT2D eigenvalue weighted by Crippen LogP contribution is 2.39. The Kier molecular flexibility index (Phi) is 4.80. The van der Waals surface area contributed by atoms with Gasteiger partial charge in [-0.15, -0.1) is 0 Å². The zero-order chi connectivity index (χ0) is 17.3. The number of amides is 2. The van der Waals surface area contributed by atoms with E-state index in [0.29, 0.717) is 54.4 Å². The summed E-state index contributed by atoms with van der Waals surface area (Å²) in [5.74, 6) is 1.03. The number of piperazine rings is 1. The Labute approximate surface area is 149 Å². The summed E-state index contributed by atoms with van der Waals surface area (Å²) in [4.78, 5) is 28.1. The van der Waals surface area contributed by atoms with Crippen LogP contribution in [0.4, 0.5) is 0 Å². The minimum atomic E-state index is -0.101. The molecule has 0 saturated carbocycles. The number of benzene rings is 1. The smallest absolute Gasteiger partial charge is 0.254 e. The summed E-state index contributed by atoms with van der Waals surface area (Å²) in [6, 6.07) is 3.40. The predicted octanol–water partition coefficient (Wildman–Crippen LogP) is 2.08. The normalized spacial score (nSPS) is 19.8. The second kappa shape index (κ2) is 6.84. The number of carbonyl (C=O) groups excluding carboxylic acids is 2. The zero-order valence-electron chi connectivity index (χ0n) is 13.5. The van der Waals surface area contributed by atoms with Crippen LogP contribution in [0.5, 0.6) is 11.5 Å². The van der Waals surface area contributed by atoms with Gasteiger partial charge in [0.1, 0.15) is 13.2 Å². The first-order chi connectivity index (χ1) is 11.5. The highest BCUT2D eigenvalue weighted by atomic mass is 79.9. The lowest BCUT2D eigenvalue weighted by Gasteiger charge is -2.39. The molecule has 2 amide bonds. The molecule has 1 aromatic carbocycles. The van der Waals surface area contributed by atoms with Crippen LogP contribution in [0.1, 0.15) is 17.3 Å². The van der Waals surface area contributed by atoms with Gasteiger partial charge in [0.05, 0.1) is 4.47 Å². The molecule has 0 spiro atoms. The Bertz CT molecular complexity index is 691. The van der Waals surface area contributed by atoms with E-state index in [1.165, 1.54) is 6.08 Å². The topological polar surface area (TPSA) is 59.1 Å². The minimum absolute atomic E-state index is 0.0675. The molecule has 0 aliphatic carbocycles. The van der Waals surface area contributed by atoms with E-state index in [0.717, 1.165) is 0 Å². The molecule has 3 rings (SSSR count). The lowest BCUT2D eigenvalue weighted by Crippen LogP contribution is -2.55. The molecule has 1 aromatic rings. The van der Waals surface area contributed by atoms with Gasteiger partial charge in [-0.25, -0.2) is 0 Å². The Hall–Kier alpha value is -2.02. The van der Waals surface area contributed by atoms with Crippen molar-refractivity contribution in [2.45, 2.75) is 13.0 Å². The Morgan fingerprint density at radius 2 is 2.04 bits per heavy atom. The van der Waals surface area contributed by atoms with Gasteiger partial charge in [0, 0.05) is 31.2 Å². The number of ether oxygens (including phenoxy) is 2. The first-order valence-corrected chi connectivity index (χ1v) is 8.62. The van der Waals surface area contributed by atoms with E-state index in [9.17, 15) is 9.59 Å². The van der Waals surface area contributed by atoms with Crippen molar-refractivity contribution < 1.29 is 19.1 Å². The van der Waals surface area contributed by atoms with Gasteiger partial charge in [0.2, 0.25) is 5.91 Å². The molecular formula is C17H19BrN2O4. The maximum absolute atomic E-state index is 12.9. The van der Waals surface area contributed by atoms with E-state index in [2.05, 4.69) is 22.5 Å². The van der Waals surface area contributed by atoms with Crippen LogP contribution in [0.2, 0.25) is 0 Å². The van der Waals surface area contributed by atoms with Gasteiger partial charge >= 0.3 is 0 Å². The molecule has 0 unspecified atom stereocenters. The number of rotatable bonds is 2. The van der Waals surface area contributed by atoms with Gasteiger partial charge in [0.15, 0.2) is 11.5 Å². The lowest BCUT2D eigenvalue weighted by molar-refractivity contribution is -0.128. The molecule has 6 nitrogen and oxygen atoms in total. The van der Waals surface area contributed by atoms with Gasteiger partial charge in [-0.3, -0.25) is 9.59 Å². The van der Waals surface area contributed by atoms with Crippen molar-refractivity contribution in [2.24, 2.45) is 0 Å². The van der Waals surface area contributed by atoms with Crippen LogP contribution in [0, 0.1) is 0 Å². The fourth-order valence-electron chi connectivity index (χ4n) is 2.99. The fraction of sp³-hybridized carbons (Fsp3) is 0.412. The van der Waals surface area contributed by atoms with E-state index in [1.54, 1.807) is 21.9 Å². The lowest BCUT2D eigenvalue weighted by atomic mass is 10.1. The van der Waals surface area contributed by atoms with Crippen LogP contribution in [-0.2, 0) is 4.79 Å². The number of hydrogen-bond donors (Lipinski definition) is 0. The summed E-state index contributed by atoms with van der Waals surface area (Å²) in [6.45, 7) is 7.91. The van der Waals surface area contributed by atoms with Gasteiger partial charge in [-0.05, 0) is 41.1 Å². The predicted molar refractivity (Wildman–Crippen MR) is 92.4 cm³/mol. The molecule has 0 bridgehead atoms. The molecule has 1 saturated heterocycles. The molecule has 2 aliphatic rings. The molecule has 1 fully saturated rings. The molecule has 128 valence electrons. The summed E-state index contributed by atoms with van der Waals surface area (Å²) in [5.41, 5.74) is 0.543. The van der Waals surface area contributed by atoms with Crippen LogP contribution >= 0.6 is 15.9 Å². The number of nitrogens with zero attached hydrogens (tertiary/aromatic N) is 2. The SMILES string of the molecule is C=CC(=O)N1CCN(C(=O)c2cc(Br)c3c(c2)OCCO3)[C@@H](C)C1. The first-order valence-electron chi connectivity index (χ1n) is 7.82. The van der Waals surface area contributed by atoms with Crippen LogP contribution < -0.4 is 9.47 Å². The number of fused-ring (bicyclic) bond motifs is 1. The van der Waals surface area contributed by atoms with Crippen molar-refractivity contribution in [1.82, 2.24) is 9.80 Å². The summed E-state index contributed by atoms with van der Waals surface area (Å²) in [7, 11) is 0.